The van der Waals surface area contributed by atoms with Crippen molar-refractivity contribution in [2.75, 3.05) is 18.2 Å². The van der Waals surface area contributed by atoms with E-state index in [0.717, 1.165) is 22.2 Å². The Hall–Kier alpha value is -3.74. The number of aryl methyl sites for hydroxylation is 1. The van der Waals surface area contributed by atoms with Crippen LogP contribution < -0.4 is 15.8 Å². The first-order valence-electron chi connectivity index (χ1n) is 8.38. The maximum Gasteiger partial charge on any atom is 0.227 e. The Morgan fingerprint density at radius 2 is 2.00 bits per heavy atom. The number of anilines is 3. The van der Waals surface area contributed by atoms with Gasteiger partial charge < -0.3 is 25.5 Å². The molecule has 0 atom stereocenters. The molecule has 0 fully saturated rings. The number of methoxy groups -OCH3 is 1. The van der Waals surface area contributed by atoms with E-state index in [4.69, 9.17) is 10.5 Å². The molecule has 7 nitrogen and oxygen atoms in total. The van der Waals surface area contributed by atoms with Gasteiger partial charge in [0.15, 0.2) is 0 Å². The third-order valence-electron chi connectivity index (χ3n) is 4.42. The number of para-hydroxylation sites is 1. The van der Waals surface area contributed by atoms with Gasteiger partial charge in [-0.3, -0.25) is 0 Å². The molecule has 0 saturated carbocycles. The smallest absolute Gasteiger partial charge is 0.227 e. The zero-order chi connectivity index (χ0) is 19.0. The predicted octanol–water partition coefficient (Wildman–Crippen LogP) is 3.68. The number of fused-ring (bicyclic) bond motifs is 1. The lowest BCUT2D eigenvalue weighted by atomic mass is 10.1. The summed E-state index contributed by atoms with van der Waals surface area (Å²) < 4.78 is 7.37. The van der Waals surface area contributed by atoms with E-state index < -0.39 is 0 Å². The topological polar surface area (TPSA) is 98.2 Å². The van der Waals surface area contributed by atoms with E-state index in [9.17, 15) is 5.11 Å². The molecule has 0 saturated heterocycles. The highest BCUT2D eigenvalue weighted by Gasteiger charge is 2.12. The Bertz CT molecular complexity index is 1140. The molecule has 0 aliphatic heterocycles. The van der Waals surface area contributed by atoms with Crippen molar-refractivity contribution in [3.8, 4) is 22.8 Å². The van der Waals surface area contributed by atoms with Crippen molar-refractivity contribution in [3.63, 3.8) is 0 Å². The minimum Gasteiger partial charge on any atom is -0.506 e. The molecule has 2 aromatic carbocycles. The van der Waals surface area contributed by atoms with Crippen molar-refractivity contribution in [1.29, 1.82) is 0 Å². The number of nitrogen functional groups attached to an aromatic ring is 1. The van der Waals surface area contributed by atoms with Crippen LogP contribution in [0.4, 0.5) is 17.3 Å². The first-order valence-corrected chi connectivity index (χ1v) is 8.38. The number of nitrogens with two attached hydrogens (primary N) is 1. The Labute approximate surface area is 156 Å². The fourth-order valence-electron chi connectivity index (χ4n) is 3.09. The number of ether oxygens (including phenoxy) is 1. The van der Waals surface area contributed by atoms with Crippen molar-refractivity contribution >= 4 is 28.2 Å². The lowest BCUT2D eigenvalue weighted by molar-refractivity contribution is 0.410. The van der Waals surface area contributed by atoms with Gasteiger partial charge in [0.1, 0.15) is 11.5 Å². The molecule has 0 amide bonds. The molecular formula is C20H19N5O2. The third-order valence-corrected chi connectivity index (χ3v) is 4.42. The fraction of sp³-hybridized carbons (Fsp3) is 0.100. The first-order chi connectivity index (χ1) is 13.1. The average molecular weight is 361 g/mol. The van der Waals surface area contributed by atoms with Crippen molar-refractivity contribution in [2.45, 2.75) is 0 Å². The zero-order valence-electron chi connectivity index (χ0n) is 15.0. The molecule has 4 rings (SSSR count). The van der Waals surface area contributed by atoms with Gasteiger partial charge in [0, 0.05) is 42.0 Å². The maximum absolute atomic E-state index is 9.75. The van der Waals surface area contributed by atoms with Gasteiger partial charge in [0.2, 0.25) is 5.95 Å². The van der Waals surface area contributed by atoms with E-state index in [2.05, 4.69) is 38.2 Å². The third kappa shape index (κ3) is 2.99. The Kier molecular flexibility index (Phi) is 4.04. The number of hydrogen-bond donors (Lipinski definition) is 3. The summed E-state index contributed by atoms with van der Waals surface area (Å²) >= 11 is 0. The van der Waals surface area contributed by atoms with Crippen LogP contribution in [0.5, 0.6) is 11.5 Å². The van der Waals surface area contributed by atoms with Crippen LogP contribution in [0.2, 0.25) is 0 Å². The van der Waals surface area contributed by atoms with Gasteiger partial charge >= 0.3 is 0 Å². The quantitative estimate of drug-likeness (QED) is 0.291. The molecule has 2 aromatic heterocycles. The molecule has 136 valence electrons. The second-order valence-electron chi connectivity index (χ2n) is 6.17. The van der Waals surface area contributed by atoms with Crippen LogP contribution in [-0.4, -0.2) is 26.8 Å². The lowest BCUT2D eigenvalue weighted by Gasteiger charge is -2.12. The molecule has 7 heteroatoms. The van der Waals surface area contributed by atoms with E-state index in [1.807, 2.05) is 25.2 Å². The van der Waals surface area contributed by atoms with Crippen LogP contribution in [0.15, 0.2) is 54.9 Å². The largest absolute Gasteiger partial charge is 0.506 e. The Balaban J connectivity index is 1.74. The van der Waals surface area contributed by atoms with Crippen molar-refractivity contribution in [3.05, 3.63) is 54.9 Å². The summed E-state index contributed by atoms with van der Waals surface area (Å²) in [5, 5.41) is 14.0. The molecule has 0 unspecified atom stereocenters. The molecule has 4 aromatic rings. The highest BCUT2D eigenvalue weighted by atomic mass is 16.5. The molecule has 2 heterocycles. The number of nitrogens with one attached hydrogen (secondary N) is 1. The highest BCUT2D eigenvalue weighted by Crippen LogP contribution is 2.35. The summed E-state index contributed by atoms with van der Waals surface area (Å²) in [4.78, 5) is 8.92. The van der Waals surface area contributed by atoms with Gasteiger partial charge in [-0.15, -0.1) is 0 Å². The van der Waals surface area contributed by atoms with E-state index in [0.29, 0.717) is 17.4 Å². The standard InChI is InChI=1S/C20H19N5O2/c1-25-11-13(12-5-3-4-6-17(12)25)15-7-8-22-20(23-15)24-16-9-14(21)18(26)10-19(16)27-2/h3-11,26H,21H2,1-2H3,(H,22,23,24). The minimum atomic E-state index is -0.0391. The van der Waals surface area contributed by atoms with Crippen LogP contribution in [-0.2, 0) is 7.05 Å². The normalized spacial score (nSPS) is 10.9. The number of phenols is 1. The monoisotopic (exact) mass is 361 g/mol. The van der Waals surface area contributed by atoms with Gasteiger partial charge in [-0.05, 0) is 18.2 Å². The SMILES string of the molecule is COc1cc(O)c(N)cc1Nc1nccc(-c2cn(C)c3ccccc23)n1. The number of hydrogen-bond acceptors (Lipinski definition) is 6. The molecule has 0 spiro atoms. The van der Waals surface area contributed by atoms with E-state index >= 15 is 0 Å². The summed E-state index contributed by atoms with van der Waals surface area (Å²) in [5.74, 6) is 0.813. The predicted molar refractivity (Wildman–Crippen MR) is 106 cm³/mol. The summed E-state index contributed by atoms with van der Waals surface area (Å²) in [6, 6.07) is 13.1. The minimum absolute atomic E-state index is 0.0391. The lowest BCUT2D eigenvalue weighted by Crippen LogP contribution is -2.01. The van der Waals surface area contributed by atoms with E-state index in [-0.39, 0.29) is 11.4 Å². The van der Waals surface area contributed by atoms with Gasteiger partial charge in [0.05, 0.1) is 24.2 Å². The summed E-state index contributed by atoms with van der Waals surface area (Å²) in [7, 11) is 3.53. The van der Waals surface area contributed by atoms with Crippen LogP contribution in [0, 0.1) is 0 Å². The number of nitrogens with zero attached hydrogens (tertiary/aromatic N) is 3. The van der Waals surface area contributed by atoms with E-state index in [1.165, 1.54) is 13.2 Å². The maximum atomic E-state index is 9.75. The molecule has 0 aliphatic carbocycles. The molecular weight excluding hydrogens is 342 g/mol. The molecule has 0 aliphatic rings. The number of aromatic nitrogens is 3. The van der Waals surface area contributed by atoms with Gasteiger partial charge in [-0.25, -0.2) is 9.97 Å². The van der Waals surface area contributed by atoms with Crippen LogP contribution in [0.3, 0.4) is 0 Å². The van der Waals surface area contributed by atoms with Crippen molar-refractivity contribution in [2.24, 2.45) is 7.05 Å². The molecule has 27 heavy (non-hydrogen) atoms. The molecule has 0 radical (unpaired) electrons. The fourth-order valence-corrected chi connectivity index (χ4v) is 3.09. The van der Waals surface area contributed by atoms with Crippen LogP contribution in [0.1, 0.15) is 0 Å². The zero-order valence-corrected chi connectivity index (χ0v) is 15.0. The van der Waals surface area contributed by atoms with Crippen molar-refractivity contribution < 1.29 is 9.84 Å². The number of rotatable bonds is 4. The summed E-state index contributed by atoms with van der Waals surface area (Å²) in [6.45, 7) is 0. The molecule has 4 N–H and O–H groups in total. The first kappa shape index (κ1) is 16.7. The van der Waals surface area contributed by atoms with Crippen LogP contribution in [0.25, 0.3) is 22.2 Å². The van der Waals surface area contributed by atoms with Crippen molar-refractivity contribution in [1.82, 2.24) is 14.5 Å². The Morgan fingerprint density at radius 3 is 2.81 bits per heavy atom. The second-order valence-corrected chi connectivity index (χ2v) is 6.17. The van der Waals surface area contributed by atoms with Gasteiger partial charge in [-0.1, -0.05) is 18.2 Å². The number of phenolic OH excluding ortho intramolecular Hbond substituents is 1. The van der Waals surface area contributed by atoms with Gasteiger partial charge in [-0.2, -0.15) is 0 Å². The number of aromatic hydroxyl groups is 1. The summed E-state index contributed by atoms with van der Waals surface area (Å²) in [6.07, 6.45) is 3.75. The average Bonchev–Trinajstić information content (AvgIpc) is 3.02. The van der Waals surface area contributed by atoms with Crippen LogP contribution >= 0.6 is 0 Å². The Morgan fingerprint density at radius 1 is 1.19 bits per heavy atom. The second kappa shape index (κ2) is 6.53. The number of benzene rings is 2. The highest BCUT2D eigenvalue weighted by molar-refractivity contribution is 5.95. The van der Waals surface area contributed by atoms with Gasteiger partial charge in [0.25, 0.3) is 0 Å². The van der Waals surface area contributed by atoms with E-state index in [1.54, 1.807) is 12.3 Å². The molecule has 0 bridgehead atoms. The summed E-state index contributed by atoms with van der Waals surface area (Å²) in [5.41, 5.74) is 9.56.